The van der Waals surface area contributed by atoms with Crippen LogP contribution in [0.4, 0.5) is 0 Å². The molecule has 2 aliphatic heterocycles. The number of rotatable bonds is 4. The van der Waals surface area contributed by atoms with E-state index in [2.05, 4.69) is 4.90 Å². The molecule has 0 bridgehead atoms. The summed E-state index contributed by atoms with van der Waals surface area (Å²) in [6, 6.07) is 0. The number of hydrogen-bond donors (Lipinski definition) is 0. The summed E-state index contributed by atoms with van der Waals surface area (Å²) in [5.74, 6) is 0.610. The Labute approximate surface area is 115 Å². The van der Waals surface area contributed by atoms with Crippen LogP contribution in [0.5, 0.6) is 0 Å². The van der Waals surface area contributed by atoms with E-state index in [1.54, 1.807) is 8.61 Å². The molecule has 2 aliphatic rings. The highest BCUT2D eigenvalue weighted by Gasteiger charge is 2.32. The highest BCUT2D eigenvalue weighted by Crippen LogP contribution is 2.18. The van der Waals surface area contributed by atoms with Crippen LogP contribution in [0, 0.1) is 0 Å². The lowest BCUT2D eigenvalue weighted by atomic mass is 10.4. The van der Waals surface area contributed by atoms with Gasteiger partial charge in [0.15, 0.2) is 0 Å². The molecule has 5 nitrogen and oxygen atoms in total. The molecule has 0 aliphatic carbocycles. The van der Waals surface area contributed by atoms with Crippen molar-refractivity contribution in [2.75, 3.05) is 51.7 Å². The monoisotopic (exact) mass is 295 g/mol. The molecule has 0 saturated carbocycles. The maximum absolute atomic E-state index is 12.4. The molecule has 0 spiro atoms. The Kier molecular flexibility index (Phi) is 5.26. The summed E-state index contributed by atoms with van der Waals surface area (Å²) in [5.41, 5.74) is 0. The van der Waals surface area contributed by atoms with Crippen molar-refractivity contribution >= 4 is 21.8 Å². The summed E-state index contributed by atoms with van der Waals surface area (Å²) in [6.07, 6.45) is 2.88. The van der Waals surface area contributed by atoms with Crippen molar-refractivity contribution in [1.29, 1.82) is 0 Å². The Bertz CT molecular complexity index is 357. The predicted octanol–water partition coefficient (Wildman–Crippen LogP) is 0.573. The first-order valence-corrected chi connectivity index (χ1v) is 8.61. The van der Waals surface area contributed by atoms with Crippen LogP contribution in [0.3, 0.4) is 0 Å². The van der Waals surface area contributed by atoms with Crippen LogP contribution >= 0.6 is 11.6 Å². The van der Waals surface area contributed by atoms with Gasteiger partial charge in [-0.3, -0.25) is 0 Å². The second kappa shape index (κ2) is 6.52. The first kappa shape index (κ1) is 14.5. The molecule has 0 radical (unpaired) electrons. The van der Waals surface area contributed by atoms with Crippen LogP contribution in [0.15, 0.2) is 0 Å². The molecule has 0 aromatic heterocycles. The van der Waals surface area contributed by atoms with Crippen LogP contribution in [0.25, 0.3) is 0 Å². The molecule has 0 N–H and O–H groups in total. The number of nitrogens with zero attached hydrogens (tertiary/aromatic N) is 3. The van der Waals surface area contributed by atoms with E-state index >= 15 is 0 Å². The van der Waals surface area contributed by atoms with E-state index in [-0.39, 0.29) is 0 Å². The maximum atomic E-state index is 12.4. The Morgan fingerprint density at radius 2 is 1.44 bits per heavy atom. The molecular weight excluding hydrogens is 274 g/mol. The molecule has 0 amide bonds. The summed E-state index contributed by atoms with van der Waals surface area (Å²) < 4.78 is 28.1. The normalized spacial score (nSPS) is 25.4. The van der Waals surface area contributed by atoms with E-state index < -0.39 is 10.2 Å². The molecule has 2 heterocycles. The Hall–Kier alpha value is 0.120. The summed E-state index contributed by atoms with van der Waals surface area (Å²) in [6.45, 7) is 5.18. The van der Waals surface area contributed by atoms with Crippen molar-refractivity contribution in [3.63, 3.8) is 0 Å². The molecule has 18 heavy (non-hydrogen) atoms. The quantitative estimate of drug-likeness (QED) is 0.713. The highest BCUT2D eigenvalue weighted by molar-refractivity contribution is 7.86. The summed E-state index contributed by atoms with van der Waals surface area (Å²) in [4.78, 5) is 2.24. The van der Waals surface area contributed by atoms with E-state index in [9.17, 15) is 8.42 Å². The summed E-state index contributed by atoms with van der Waals surface area (Å²) in [5, 5.41) is 0. The number of alkyl halides is 1. The van der Waals surface area contributed by atoms with Crippen LogP contribution in [0.1, 0.15) is 19.3 Å². The zero-order chi connectivity index (χ0) is 13.0. The zero-order valence-electron chi connectivity index (χ0n) is 10.7. The number of hydrogen-bond acceptors (Lipinski definition) is 3. The second-order valence-electron chi connectivity index (χ2n) is 4.90. The van der Waals surface area contributed by atoms with Crippen molar-refractivity contribution in [3.05, 3.63) is 0 Å². The van der Waals surface area contributed by atoms with Crippen LogP contribution < -0.4 is 0 Å². The van der Waals surface area contributed by atoms with Gasteiger partial charge in [-0.15, -0.1) is 11.6 Å². The Morgan fingerprint density at radius 3 is 2.11 bits per heavy atom. The average Bonchev–Trinajstić information content (AvgIpc) is 2.78. The first-order chi connectivity index (χ1) is 8.64. The fourth-order valence-corrected chi connectivity index (χ4v) is 4.56. The lowest BCUT2D eigenvalue weighted by molar-refractivity contribution is 0.300. The van der Waals surface area contributed by atoms with Gasteiger partial charge in [0.1, 0.15) is 0 Å². The van der Waals surface area contributed by atoms with Crippen LogP contribution in [-0.2, 0) is 10.2 Å². The Morgan fingerprint density at radius 1 is 0.833 bits per heavy atom. The largest absolute Gasteiger partial charge is 0.301 e. The SMILES string of the molecule is O=S(=O)(N1CCCC1)N1CCCN(CCCl)CC1. The third-order valence-electron chi connectivity index (χ3n) is 3.67. The lowest BCUT2D eigenvalue weighted by Gasteiger charge is -2.26. The fraction of sp³-hybridized carbons (Fsp3) is 1.00. The molecule has 2 rings (SSSR count). The van der Waals surface area contributed by atoms with Crippen molar-refractivity contribution in [2.24, 2.45) is 0 Å². The van der Waals surface area contributed by atoms with Crippen molar-refractivity contribution in [2.45, 2.75) is 19.3 Å². The summed E-state index contributed by atoms with van der Waals surface area (Å²) >= 11 is 5.74. The van der Waals surface area contributed by atoms with Crippen LogP contribution in [0.2, 0.25) is 0 Å². The van der Waals surface area contributed by atoms with Gasteiger partial charge in [0, 0.05) is 45.1 Å². The van der Waals surface area contributed by atoms with Gasteiger partial charge in [-0.2, -0.15) is 17.0 Å². The summed E-state index contributed by atoms with van der Waals surface area (Å²) in [7, 11) is -3.22. The van der Waals surface area contributed by atoms with Gasteiger partial charge in [0.05, 0.1) is 0 Å². The van der Waals surface area contributed by atoms with Gasteiger partial charge in [-0.1, -0.05) is 0 Å². The third-order valence-corrected chi connectivity index (χ3v) is 5.87. The van der Waals surface area contributed by atoms with Gasteiger partial charge in [0.2, 0.25) is 0 Å². The van der Waals surface area contributed by atoms with Gasteiger partial charge in [0.25, 0.3) is 10.2 Å². The molecule has 0 atom stereocenters. The lowest BCUT2D eigenvalue weighted by Crippen LogP contribution is -2.44. The minimum atomic E-state index is -3.22. The minimum Gasteiger partial charge on any atom is -0.301 e. The molecule has 7 heteroatoms. The van der Waals surface area contributed by atoms with Crippen molar-refractivity contribution in [1.82, 2.24) is 13.5 Å². The highest BCUT2D eigenvalue weighted by atomic mass is 35.5. The molecule has 2 fully saturated rings. The van der Waals surface area contributed by atoms with Crippen molar-refractivity contribution < 1.29 is 8.42 Å². The molecular formula is C11H22ClN3O2S. The molecule has 0 aromatic carbocycles. The third kappa shape index (κ3) is 3.36. The van der Waals surface area contributed by atoms with E-state index in [1.807, 2.05) is 0 Å². The molecule has 106 valence electrons. The van der Waals surface area contributed by atoms with E-state index in [0.29, 0.717) is 32.1 Å². The maximum Gasteiger partial charge on any atom is 0.282 e. The van der Waals surface area contributed by atoms with Gasteiger partial charge in [-0.05, 0) is 25.8 Å². The zero-order valence-corrected chi connectivity index (χ0v) is 12.3. The van der Waals surface area contributed by atoms with E-state index in [4.69, 9.17) is 11.6 Å². The topological polar surface area (TPSA) is 43.9 Å². The molecule has 0 unspecified atom stereocenters. The van der Waals surface area contributed by atoms with Gasteiger partial charge in [-0.25, -0.2) is 0 Å². The average molecular weight is 296 g/mol. The smallest absolute Gasteiger partial charge is 0.282 e. The van der Waals surface area contributed by atoms with Crippen LogP contribution in [-0.4, -0.2) is 73.6 Å². The second-order valence-corrected chi connectivity index (χ2v) is 7.20. The number of halogens is 1. The first-order valence-electron chi connectivity index (χ1n) is 6.68. The fourth-order valence-electron chi connectivity index (χ4n) is 2.60. The van der Waals surface area contributed by atoms with Gasteiger partial charge < -0.3 is 4.90 Å². The standard InChI is InChI=1S/C11H22ClN3O2S/c12-4-9-13-5-3-8-15(11-10-13)18(16,17)14-6-1-2-7-14/h1-11H2. The molecule has 2 saturated heterocycles. The van der Waals surface area contributed by atoms with Crippen molar-refractivity contribution in [3.8, 4) is 0 Å². The van der Waals surface area contributed by atoms with E-state index in [1.165, 1.54) is 0 Å². The Balaban J connectivity index is 1.96. The van der Waals surface area contributed by atoms with Gasteiger partial charge >= 0.3 is 0 Å². The van der Waals surface area contributed by atoms with E-state index in [0.717, 1.165) is 38.9 Å². The molecule has 0 aromatic rings. The minimum absolute atomic E-state index is 0.593. The predicted molar refractivity (Wildman–Crippen MR) is 73.1 cm³/mol.